The Labute approximate surface area is 113 Å². The van der Waals surface area contributed by atoms with Crippen molar-refractivity contribution in [2.75, 3.05) is 29.6 Å². The van der Waals surface area contributed by atoms with E-state index in [1.54, 1.807) is 0 Å². The number of carbonyl (C=O) groups excluding carboxylic acids is 1. The molecule has 4 N–H and O–H groups in total. The van der Waals surface area contributed by atoms with Gasteiger partial charge in [-0.25, -0.2) is 0 Å². The van der Waals surface area contributed by atoms with Crippen LogP contribution in [-0.2, 0) is 16.0 Å². The Hall–Kier alpha value is -1.75. The molecule has 1 atom stereocenters. The Bertz CT molecular complexity index is 474. The number of nitrogen functional groups attached to an aromatic ring is 1. The molecule has 1 aliphatic heterocycles. The van der Waals surface area contributed by atoms with E-state index in [-0.39, 0.29) is 11.9 Å². The fraction of sp³-hybridized carbons (Fsp3) is 0.500. The first-order chi connectivity index (χ1) is 9.10. The Kier molecular flexibility index (Phi) is 4.27. The predicted molar refractivity (Wildman–Crippen MR) is 77.4 cm³/mol. The average molecular weight is 263 g/mol. The maximum absolute atomic E-state index is 11.3. The zero-order valence-corrected chi connectivity index (χ0v) is 11.5. The molecule has 0 radical (unpaired) electrons. The molecule has 1 aromatic carbocycles. The van der Waals surface area contributed by atoms with Gasteiger partial charge in [0.05, 0.1) is 18.0 Å². The molecule has 0 aromatic heterocycles. The first-order valence-corrected chi connectivity index (χ1v) is 6.66. The standard InChI is InChI=1S/C14H21N3O2/c1-3-19-8-9(2)16-13-6-10-4-5-14(18)17-12(10)7-11(13)15/h6-7,9,16H,3-5,8,15H2,1-2H3,(H,17,18). The van der Waals surface area contributed by atoms with Crippen LogP contribution < -0.4 is 16.4 Å². The Morgan fingerprint density at radius 3 is 3.00 bits per heavy atom. The third-order valence-electron chi connectivity index (χ3n) is 3.14. The van der Waals surface area contributed by atoms with Gasteiger partial charge in [-0.15, -0.1) is 0 Å². The van der Waals surface area contributed by atoms with Gasteiger partial charge in [-0.2, -0.15) is 0 Å². The van der Waals surface area contributed by atoms with Gasteiger partial charge in [0.25, 0.3) is 0 Å². The molecule has 2 rings (SSSR count). The molecular weight excluding hydrogens is 242 g/mol. The molecule has 0 saturated heterocycles. The molecule has 1 unspecified atom stereocenters. The fourth-order valence-corrected chi connectivity index (χ4v) is 2.17. The summed E-state index contributed by atoms with van der Waals surface area (Å²) in [6.07, 6.45) is 1.29. The number of aryl methyl sites for hydroxylation is 1. The van der Waals surface area contributed by atoms with E-state index < -0.39 is 0 Å². The topological polar surface area (TPSA) is 76.4 Å². The monoisotopic (exact) mass is 263 g/mol. The van der Waals surface area contributed by atoms with Crippen LogP contribution >= 0.6 is 0 Å². The van der Waals surface area contributed by atoms with Gasteiger partial charge in [0, 0.05) is 24.8 Å². The van der Waals surface area contributed by atoms with E-state index in [9.17, 15) is 4.79 Å². The lowest BCUT2D eigenvalue weighted by Crippen LogP contribution is -2.23. The molecule has 5 nitrogen and oxygen atoms in total. The minimum atomic E-state index is 0.0531. The molecule has 19 heavy (non-hydrogen) atoms. The second-order valence-corrected chi connectivity index (χ2v) is 4.85. The van der Waals surface area contributed by atoms with Crippen molar-refractivity contribution in [3.8, 4) is 0 Å². The number of amides is 1. The fourth-order valence-electron chi connectivity index (χ4n) is 2.17. The quantitative estimate of drug-likeness (QED) is 0.710. The minimum Gasteiger partial charge on any atom is -0.397 e. The lowest BCUT2D eigenvalue weighted by molar-refractivity contribution is -0.116. The van der Waals surface area contributed by atoms with Crippen molar-refractivity contribution in [3.63, 3.8) is 0 Å². The van der Waals surface area contributed by atoms with Crippen LogP contribution in [-0.4, -0.2) is 25.2 Å². The van der Waals surface area contributed by atoms with Crippen LogP contribution in [0.15, 0.2) is 12.1 Å². The number of rotatable bonds is 5. The molecular formula is C14H21N3O2. The summed E-state index contributed by atoms with van der Waals surface area (Å²) < 4.78 is 5.37. The van der Waals surface area contributed by atoms with E-state index in [1.807, 2.05) is 19.1 Å². The van der Waals surface area contributed by atoms with Gasteiger partial charge in [0.1, 0.15) is 0 Å². The van der Waals surface area contributed by atoms with E-state index in [1.165, 1.54) is 0 Å². The number of hydrogen-bond acceptors (Lipinski definition) is 4. The van der Waals surface area contributed by atoms with E-state index in [4.69, 9.17) is 10.5 Å². The second-order valence-electron chi connectivity index (χ2n) is 4.85. The van der Waals surface area contributed by atoms with E-state index in [0.29, 0.717) is 25.3 Å². The summed E-state index contributed by atoms with van der Waals surface area (Å²) in [5.74, 6) is 0.0531. The molecule has 0 spiro atoms. The van der Waals surface area contributed by atoms with Crippen molar-refractivity contribution in [3.05, 3.63) is 17.7 Å². The lowest BCUT2D eigenvalue weighted by Gasteiger charge is -2.22. The number of hydrogen-bond donors (Lipinski definition) is 3. The largest absolute Gasteiger partial charge is 0.397 e. The highest BCUT2D eigenvalue weighted by Gasteiger charge is 2.17. The molecule has 0 bridgehead atoms. The highest BCUT2D eigenvalue weighted by atomic mass is 16.5. The summed E-state index contributed by atoms with van der Waals surface area (Å²) in [5.41, 5.74) is 9.52. The molecule has 0 aliphatic carbocycles. The summed E-state index contributed by atoms with van der Waals surface area (Å²) in [5, 5.41) is 6.19. The SMILES string of the molecule is CCOCC(C)Nc1cc2c(cc1N)NC(=O)CC2. The maximum Gasteiger partial charge on any atom is 0.224 e. The molecule has 0 fully saturated rings. The van der Waals surface area contributed by atoms with Gasteiger partial charge in [-0.3, -0.25) is 4.79 Å². The average Bonchev–Trinajstić information content (AvgIpc) is 2.37. The number of nitrogens with one attached hydrogen (secondary N) is 2. The van der Waals surface area contributed by atoms with Gasteiger partial charge >= 0.3 is 0 Å². The number of ether oxygens (including phenoxy) is 1. The zero-order valence-electron chi connectivity index (χ0n) is 11.5. The summed E-state index contributed by atoms with van der Waals surface area (Å²) >= 11 is 0. The number of benzene rings is 1. The third kappa shape index (κ3) is 3.38. The van der Waals surface area contributed by atoms with Gasteiger partial charge in [-0.05, 0) is 38.0 Å². The molecule has 5 heteroatoms. The third-order valence-corrected chi connectivity index (χ3v) is 3.14. The Morgan fingerprint density at radius 1 is 1.47 bits per heavy atom. The van der Waals surface area contributed by atoms with Crippen LogP contribution in [0, 0.1) is 0 Å². The van der Waals surface area contributed by atoms with E-state index in [0.717, 1.165) is 23.4 Å². The van der Waals surface area contributed by atoms with Crippen LogP contribution in [0.3, 0.4) is 0 Å². The van der Waals surface area contributed by atoms with Crippen molar-refractivity contribution in [1.29, 1.82) is 0 Å². The molecule has 1 aromatic rings. The summed E-state index contributed by atoms with van der Waals surface area (Å²) in [6.45, 7) is 5.38. The van der Waals surface area contributed by atoms with Crippen molar-refractivity contribution in [1.82, 2.24) is 0 Å². The second kappa shape index (κ2) is 5.93. The minimum absolute atomic E-state index is 0.0531. The van der Waals surface area contributed by atoms with Crippen molar-refractivity contribution < 1.29 is 9.53 Å². The van der Waals surface area contributed by atoms with Gasteiger partial charge < -0.3 is 21.1 Å². The molecule has 1 amide bonds. The number of nitrogens with two attached hydrogens (primary N) is 1. The Balaban J connectivity index is 2.11. The van der Waals surface area contributed by atoms with Gasteiger partial charge in [-0.1, -0.05) is 0 Å². The normalized spacial score (nSPS) is 15.6. The Morgan fingerprint density at radius 2 is 2.26 bits per heavy atom. The smallest absolute Gasteiger partial charge is 0.224 e. The van der Waals surface area contributed by atoms with Crippen LogP contribution in [0.25, 0.3) is 0 Å². The van der Waals surface area contributed by atoms with Crippen LogP contribution in [0.1, 0.15) is 25.8 Å². The van der Waals surface area contributed by atoms with Crippen LogP contribution in [0.5, 0.6) is 0 Å². The predicted octanol–water partition coefficient (Wildman–Crippen LogP) is 1.99. The van der Waals surface area contributed by atoms with E-state index >= 15 is 0 Å². The molecule has 1 heterocycles. The molecule has 1 aliphatic rings. The van der Waals surface area contributed by atoms with Gasteiger partial charge in [0.2, 0.25) is 5.91 Å². The van der Waals surface area contributed by atoms with Gasteiger partial charge in [0.15, 0.2) is 0 Å². The highest BCUT2D eigenvalue weighted by molar-refractivity contribution is 5.95. The highest BCUT2D eigenvalue weighted by Crippen LogP contribution is 2.31. The number of anilines is 3. The first-order valence-electron chi connectivity index (χ1n) is 6.66. The van der Waals surface area contributed by atoms with Crippen LogP contribution in [0.2, 0.25) is 0 Å². The van der Waals surface area contributed by atoms with Crippen LogP contribution in [0.4, 0.5) is 17.1 Å². The molecule has 104 valence electrons. The maximum atomic E-state index is 11.3. The first kappa shape index (κ1) is 13.7. The lowest BCUT2D eigenvalue weighted by atomic mass is 10.0. The summed E-state index contributed by atoms with van der Waals surface area (Å²) in [7, 11) is 0. The molecule has 0 saturated carbocycles. The van der Waals surface area contributed by atoms with E-state index in [2.05, 4.69) is 17.6 Å². The zero-order chi connectivity index (χ0) is 13.8. The number of carbonyl (C=O) groups is 1. The van der Waals surface area contributed by atoms with Crippen molar-refractivity contribution in [2.24, 2.45) is 0 Å². The van der Waals surface area contributed by atoms with Crippen molar-refractivity contribution in [2.45, 2.75) is 32.7 Å². The number of fused-ring (bicyclic) bond motifs is 1. The summed E-state index contributed by atoms with van der Waals surface area (Å²) in [6, 6.07) is 4.03. The van der Waals surface area contributed by atoms with Crippen molar-refractivity contribution >= 4 is 23.0 Å². The summed E-state index contributed by atoms with van der Waals surface area (Å²) in [4.78, 5) is 11.3.